The maximum atomic E-state index is 12.3. The molecular formula is C16H16INO6S. The van der Waals surface area contributed by atoms with Crippen LogP contribution < -0.4 is 9.47 Å². The first-order valence-corrected chi connectivity index (χ1v) is 9.24. The first-order valence-electron chi connectivity index (χ1n) is 7.34. The van der Waals surface area contributed by atoms with E-state index in [1.807, 2.05) is 29.5 Å². The van der Waals surface area contributed by atoms with Crippen LogP contribution in [0.15, 0.2) is 17.0 Å². The van der Waals surface area contributed by atoms with Gasteiger partial charge in [-0.05, 0) is 64.5 Å². The highest BCUT2D eigenvalue weighted by atomic mass is 127. The predicted octanol–water partition coefficient (Wildman–Crippen LogP) is 3.21. The summed E-state index contributed by atoms with van der Waals surface area (Å²) in [6.45, 7) is 1.81. The molecule has 1 N–H and O–H groups in total. The number of ether oxygens (including phenoxy) is 2. The van der Waals surface area contributed by atoms with Crippen molar-refractivity contribution in [3.63, 3.8) is 0 Å². The molecule has 0 spiro atoms. The number of imide groups is 1. The van der Waals surface area contributed by atoms with Crippen LogP contribution in [0.1, 0.15) is 18.9 Å². The molecule has 1 aromatic carbocycles. The van der Waals surface area contributed by atoms with Crippen molar-refractivity contribution in [2.24, 2.45) is 0 Å². The van der Waals surface area contributed by atoms with Gasteiger partial charge in [0.25, 0.3) is 11.1 Å². The lowest BCUT2D eigenvalue weighted by Crippen LogP contribution is -2.28. The zero-order chi connectivity index (χ0) is 18.6. The Balaban J connectivity index is 2.31. The molecule has 0 atom stereocenters. The summed E-state index contributed by atoms with van der Waals surface area (Å²) in [5.74, 6) is -0.725. The van der Waals surface area contributed by atoms with Crippen molar-refractivity contribution in [1.82, 2.24) is 4.90 Å². The number of carboxylic acids is 1. The van der Waals surface area contributed by atoms with Gasteiger partial charge >= 0.3 is 5.97 Å². The monoisotopic (exact) mass is 477 g/mol. The molecule has 2 amide bonds. The van der Waals surface area contributed by atoms with Gasteiger partial charge in [0.05, 0.1) is 15.6 Å². The summed E-state index contributed by atoms with van der Waals surface area (Å²) in [7, 11) is 1.44. The third-order valence-electron chi connectivity index (χ3n) is 3.21. The quantitative estimate of drug-likeness (QED) is 0.476. The molecule has 1 aliphatic heterocycles. The minimum atomic E-state index is -1.09. The average Bonchev–Trinajstić information content (AvgIpc) is 2.81. The van der Waals surface area contributed by atoms with Gasteiger partial charge in [-0.15, -0.1) is 0 Å². The molecule has 7 nitrogen and oxygen atoms in total. The Kier molecular flexibility index (Phi) is 6.71. The summed E-state index contributed by atoms with van der Waals surface area (Å²) >= 11 is 2.90. The van der Waals surface area contributed by atoms with Crippen molar-refractivity contribution >= 4 is 57.5 Å². The summed E-state index contributed by atoms with van der Waals surface area (Å²) in [5, 5.41) is 8.46. The van der Waals surface area contributed by atoms with Gasteiger partial charge < -0.3 is 14.6 Å². The standard InChI is InChI=1S/C16H16INO6S/c1-3-4-18-15(21)12(25-16(18)22)7-9-5-10(17)14(11(6-9)23-2)24-8-13(19)20/h5-7H,3-4,8H2,1-2H3,(H,19,20)/b12-7+. The van der Waals surface area contributed by atoms with Crippen LogP contribution in [0.4, 0.5) is 4.79 Å². The van der Waals surface area contributed by atoms with Crippen LogP contribution in [-0.4, -0.2) is 47.4 Å². The smallest absolute Gasteiger partial charge is 0.341 e. The molecule has 0 bridgehead atoms. The maximum absolute atomic E-state index is 12.3. The van der Waals surface area contributed by atoms with Crippen molar-refractivity contribution in [2.45, 2.75) is 13.3 Å². The van der Waals surface area contributed by atoms with Crippen molar-refractivity contribution in [3.05, 3.63) is 26.2 Å². The largest absolute Gasteiger partial charge is 0.493 e. The average molecular weight is 477 g/mol. The van der Waals surface area contributed by atoms with Crippen LogP contribution in [0.5, 0.6) is 11.5 Å². The van der Waals surface area contributed by atoms with E-state index in [-0.39, 0.29) is 11.1 Å². The number of halogens is 1. The maximum Gasteiger partial charge on any atom is 0.341 e. The lowest BCUT2D eigenvalue weighted by molar-refractivity contribution is -0.139. The molecule has 0 aromatic heterocycles. The van der Waals surface area contributed by atoms with Crippen molar-refractivity contribution < 1.29 is 29.0 Å². The summed E-state index contributed by atoms with van der Waals surface area (Å²) in [6, 6.07) is 3.36. The number of rotatable bonds is 7. The van der Waals surface area contributed by atoms with Crippen LogP contribution in [-0.2, 0) is 9.59 Å². The van der Waals surface area contributed by atoms with Gasteiger partial charge in [0.1, 0.15) is 0 Å². The fourth-order valence-electron chi connectivity index (χ4n) is 2.16. The number of hydrogen-bond donors (Lipinski definition) is 1. The number of hydrogen-bond acceptors (Lipinski definition) is 6. The number of carboxylic acid groups (broad SMARTS) is 1. The van der Waals surface area contributed by atoms with Crippen LogP contribution in [0.2, 0.25) is 0 Å². The van der Waals surface area contributed by atoms with Crippen molar-refractivity contribution in [3.8, 4) is 11.5 Å². The Bertz CT molecular complexity index is 748. The van der Waals surface area contributed by atoms with Gasteiger partial charge in [-0.1, -0.05) is 6.92 Å². The van der Waals surface area contributed by atoms with E-state index in [0.717, 1.165) is 11.8 Å². The van der Waals surface area contributed by atoms with E-state index in [4.69, 9.17) is 14.6 Å². The number of thioether (sulfide) groups is 1. The van der Waals surface area contributed by atoms with Crippen LogP contribution in [0.3, 0.4) is 0 Å². The molecule has 9 heteroatoms. The van der Waals surface area contributed by atoms with E-state index in [2.05, 4.69) is 0 Å². The van der Waals surface area contributed by atoms with E-state index >= 15 is 0 Å². The number of amides is 2. The first kappa shape index (κ1) is 19.6. The number of carbonyl (C=O) groups is 3. The SMILES string of the molecule is CCCN1C(=O)S/C(=C/c2cc(I)c(OCC(=O)O)c(OC)c2)C1=O. The fourth-order valence-corrected chi connectivity index (χ4v) is 3.81. The second kappa shape index (κ2) is 8.56. The summed E-state index contributed by atoms with van der Waals surface area (Å²) in [4.78, 5) is 36.4. The van der Waals surface area contributed by atoms with E-state index < -0.39 is 12.6 Å². The van der Waals surface area contributed by atoms with Gasteiger partial charge in [0, 0.05) is 6.54 Å². The first-order chi connectivity index (χ1) is 11.9. The number of nitrogens with zero attached hydrogens (tertiary/aromatic N) is 1. The molecule has 0 saturated carbocycles. The zero-order valence-corrected chi connectivity index (χ0v) is 16.5. The molecular weight excluding hydrogens is 461 g/mol. The molecule has 25 heavy (non-hydrogen) atoms. The second-order valence-electron chi connectivity index (χ2n) is 5.05. The van der Waals surface area contributed by atoms with Crippen LogP contribution in [0.25, 0.3) is 6.08 Å². The summed E-state index contributed by atoms with van der Waals surface area (Å²) in [5.41, 5.74) is 0.658. The molecule has 2 rings (SSSR count). The number of carbonyl (C=O) groups excluding carboxylic acids is 2. The predicted molar refractivity (Wildman–Crippen MR) is 102 cm³/mol. The Hall–Kier alpha value is -1.75. The summed E-state index contributed by atoms with van der Waals surface area (Å²) in [6.07, 6.45) is 2.32. The third kappa shape index (κ3) is 4.66. The van der Waals surface area contributed by atoms with Gasteiger partial charge in [-0.25, -0.2) is 4.79 Å². The molecule has 134 valence electrons. The van der Waals surface area contributed by atoms with Gasteiger partial charge in [0.2, 0.25) is 0 Å². The van der Waals surface area contributed by atoms with E-state index in [0.29, 0.717) is 38.5 Å². The van der Waals surface area contributed by atoms with Gasteiger partial charge in [-0.2, -0.15) is 0 Å². The van der Waals surface area contributed by atoms with Crippen LogP contribution >= 0.6 is 34.4 Å². The van der Waals surface area contributed by atoms with Crippen molar-refractivity contribution in [1.29, 1.82) is 0 Å². The molecule has 0 radical (unpaired) electrons. The number of benzene rings is 1. The fraction of sp³-hybridized carbons (Fsp3) is 0.312. The molecule has 0 unspecified atom stereocenters. The minimum absolute atomic E-state index is 0.277. The zero-order valence-electron chi connectivity index (χ0n) is 13.6. The lowest BCUT2D eigenvalue weighted by atomic mass is 10.2. The lowest BCUT2D eigenvalue weighted by Gasteiger charge is -2.12. The molecule has 1 heterocycles. The second-order valence-corrected chi connectivity index (χ2v) is 7.21. The van der Waals surface area contributed by atoms with E-state index in [1.54, 1.807) is 18.2 Å². The highest BCUT2D eigenvalue weighted by Crippen LogP contribution is 2.37. The molecule has 1 saturated heterocycles. The highest BCUT2D eigenvalue weighted by molar-refractivity contribution is 14.1. The van der Waals surface area contributed by atoms with E-state index in [1.165, 1.54) is 12.0 Å². The van der Waals surface area contributed by atoms with Crippen molar-refractivity contribution in [2.75, 3.05) is 20.3 Å². The molecule has 1 aromatic rings. The number of aliphatic carboxylic acids is 1. The van der Waals surface area contributed by atoms with E-state index in [9.17, 15) is 14.4 Å². The number of methoxy groups -OCH3 is 1. The highest BCUT2D eigenvalue weighted by Gasteiger charge is 2.34. The minimum Gasteiger partial charge on any atom is -0.493 e. The topological polar surface area (TPSA) is 93.1 Å². The third-order valence-corrected chi connectivity index (χ3v) is 4.92. The normalized spacial score (nSPS) is 15.8. The Morgan fingerprint density at radius 2 is 2.12 bits per heavy atom. The molecule has 1 fully saturated rings. The molecule has 0 aliphatic carbocycles. The summed E-state index contributed by atoms with van der Waals surface area (Å²) < 4.78 is 11.1. The Morgan fingerprint density at radius 1 is 1.40 bits per heavy atom. The van der Waals surface area contributed by atoms with Gasteiger partial charge in [-0.3, -0.25) is 14.5 Å². The Labute approximate surface area is 162 Å². The Morgan fingerprint density at radius 3 is 2.72 bits per heavy atom. The molecule has 1 aliphatic rings. The van der Waals surface area contributed by atoms with Crippen LogP contribution in [0, 0.1) is 3.57 Å². The van der Waals surface area contributed by atoms with Gasteiger partial charge in [0.15, 0.2) is 18.1 Å².